The summed E-state index contributed by atoms with van der Waals surface area (Å²) in [5.74, 6) is -0.587. The molecular weight excluding hydrogens is 299 g/mol. The van der Waals surface area contributed by atoms with Crippen molar-refractivity contribution in [3.63, 3.8) is 0 Å². The SMILES string of the molecule is O=C(O)c1ccc(-c2ccc(Oc3ccc(F)cc3)nn2)cc1. The van der Waals surface area contributed by atoms with Gasteiger partial charge in [0.1, 0.15) is 11.6 Å². The second kappa shape index (κ2) is 6.23. The van der Waals surface area contributed by atoms with Crippen LogP contribution in [0.5, 0.6) is 11.6 Å². The van der Waals surface area contributed by atoms with Crippen LogP contribution in [-0.2, 0) is 0 Å². The highest BCUT2D eigenvalue weighted by Gasteiger charge is 2.06. The number of ether oxygens (including phenoxy) is 1. The average Bonchev–Trinajstić information content (AvgIpc) is 2.58. The molecule has 3 rings (SSSR count). The number of carbonyl (C=O) groups is 1. The van der Waals surface area contributed by atoms with E-state index in [1.807, 2.05) is 0 Å². The highest BCUT2D eigenvalue weighted by Crippen LogP contribution is 2.22. The van der Waals surface area contributed by atoms with Gasteiger partial charge in [-0.2, -0.15) is 0 Å². The van der Waals surface area contributed by atoms with Gasteiger partial charge in [-0.05, 0) is 42.5 Å². The first-order chi connectivity index (χ1) is 11.1. The molecule has 6 heteroatoms. The minimum atomic E-state index is -0.981. The number of hydrogen-bond donors (Lipinski definition) is 1. The van der Waals surface area contributed by atoms with Gasteiger partial charge in [0.15, 0.2) is 0 Å². The van der Waals surface area contributed by atoms with Crippen LogP contribution in [0.3, 0.4) is 0 Å². The Kier molecular flexibility index (Phi) is 3.97. The van der Waals surface area contributed by atoms with E-state index in [2.05, 4.69) is 10.2 Å². The molecule has 0 fully saturated rings. The van der Waals surface area contributed by atoms with Gasteiger partial charge in [0, 0.05) is 11.6 Å². The predicted octanol–water partition coefficient (Wildman–Crippen LogP) is 3.77. The molecule has 0 saturated heterocycles. The maximum Gasteiger partial charge on any atom is 0.335 e. The summed E-state index contributed by atoms with van der Waals surface area (Å²) in [7, 11) is 0. The number of hydrogen-bond acceptors (Lipinski definition) is 4. The van der Waals surface area contributed by atoms with E-state index in [1.165, 1.54) is 36.4 Å². The van der Waals surface area contributed by atoms with Gasteiger partial charge in [-0.3, -0.25) is 0 Å². The third-order valence-electron chi connectivity index (χ3n) is 3.10. The van der Waals surface area contributed by atoms with Gasteiger partial charge in [-0.1, -0.05) is 12.1 Å². The van der Waals surface area contributed by atoms with Crippen molar-refractivity contribution in [2.75, 3.05) is 0 Å². The molecule has 0 saturated carbocycles. The van der Waals surface area contributed by atoms with Crippen molar-refractivity contribution in [2.45, 2.75) is 0 Å². The minimum absolute atomic E-state index is 0.206. The lowest BCUT2D eigenvalue weighted by molar-refractivity contribution is 0.0697. The molecule has 1 N–H and O–H groups in total. The van der Waals surface area contributed by atoms with E-state index < -0.39 is 5.97 Å². The van der Waals surface area contributed by atoms with Crippen molar-refractivity contribution in [1.82, 2.24) is 10.2 Å². The van der Waals surface area contributed by atoms with Gasteiger partial charge in [0.05, 0.1) is 11.3 Å². The molecule has 5 nitrogen and oxygen atoms in total. The highest BCUT2D eigenvalue weighted by atomic mass is 19.1. The fraction of sp³-hybridized carbons (Fsp3) is 0. The quantitative estimate of drug-likeness (QED) is 0.794. The van der Waals surface area contributed by atoms with Crippen molar-refractivity contribution in [1.29, 1.82) is 0 Å². The molecule has 3 aromatic rings. The zero-order valence-electron chi connectivity index (χ0n) is 11.8. The molecule has 23 heavy (non-hydrogen) atoms. The Morgan fingerprint density at radius 1 is 0.913 bits per heavy atom. The Hall–Kier alpha value is -3.28. The Labute approximate surface area is 131 Å². The van der Waals surface area contributed by atoms with E-state index in [9.17, 15) is 9.18 Å². The summed E-state index contributed by atoms with van der Waals surface area (Å²) < 4.78 is 18.3. The van der Waals surface area contributed by atoms with Crippen LogP contribution >= 0.6 is 0 Å². The average molecular weight is 310 g/mol. The summed E-state index contributed by atoms with van der Waals surface area (Å²) in [6.07, 6.45) is 0. The number of carboxylic acids is 1. The van der Waals surface area contributed by atoms with E-state index in [4.69, 9.17) is 9.84 Å². The minimum Gasteiger partial charge on any atom is -0.478 e. The van der Waals surface area contributed by atoms with Gasteiger partial charge in [-0.25, -0.2) is 9.18 Å². The summed E-state index contributed by atoms with van der Waals surface area (Å²) in [6.45, 7) is 0. The molecule has 0 aliphatic heterocycles. The Bertz CT molecular complexity index is 816. The van der Waals surface area contributed by atoms with Crippen LogP contribution < -0.4 is 4.74 Å². The first kappa shape index (κ1) is 14.6. The fourth-order valence-electron chi connectivity index (χ4n) is 1.94. The van der Waals surface area contributed by atoms with Crippen LogP contribution in [0.25, 0.3) is 11.3 Å². The number of carboxylic acid groups (broad SMARTS) is 1. The molecule has 0 spiro atoms. The topological polar surface area (TPSA) is 72.3 Å². The molecule has 0 aliphatic rings. The maximum absolute atomic E-state index is 12.8. The van der Waals surface area contributed by atoms with Crippen LogP contribution in [0.2, 0.25) is 0 Å². The monoisotopic (exact) mass is 310 g/mol. The van der Waals surface area contributed by atoms with E-state index >= 15 is 0 Å². The lowest BCUT2D eigenvalue weighted by atomic mass is 10.1. The molecule has 0 atom stereocenters. The maximum atomic E-state index is 12.8. The number of rotatable bonds is 4. The number of aromatic nitrogens is 2. The fourth-order valence-corrected chi connectivity index (χ4v) is 1.94. The molecule has 1 aromatic heterocycles. The molecule has 0 radical (unpaired) electrons. The van der Waals surface area contributed by atoms with E-state index in [0.717, 1.165) is 5.56 Å². The van der Waals surface area contributed by atoms with Crippen molar-refractivity contribution in [3.8, 4) is 22.9 Å². The lowest BCUT2D eigenvalue weighted by Crippen LogP contribution is -1.96. The van der Waals surface area contributed by atoms with Gasteiger partial charge in [-0.15, -0.1) is 10.2 Å². The van der Waals surface area contributed by atoms with Crippen molar-refractivity contribution in [2.24, 2.45) is 0 Å². The summed E-state index contributed by atoms with van der Waals surface area (Å²) >= 11 is 0. The van der Waals surface area contributed by atoms with Crippen molar-refractivity contribution >= 4 is 5.97 Å². The number of halogens is 1. The van der Waals surface area contributed by atoms with Gasteiger partial charge in [0.25, 0.3) is 0 Å². The van der Waals surface area contributed by atoms with Crippen molar-refractivity contribution < 1.29 is 19.0 Å². The van der Waals surface area contributed by atoms with E-state index in [1.54, 1.807) is 24.3 Å². The number of benzene rings is 2. The molecular formula is C17H11FN2O3. The first-order valence-electron chi connectivity index (χ1n) is 6.73. The van der Waals surface area contributed by atoms with Gasteiger partial charge >= 0.3 is 5.97 Å². The number of nitrogens with zero attached hydrogens (tertiary/aromatic N) is 2. The smallest absolute Gasteiger partial charge is 0.335 e. The number of aromatic carboxylic acids is 1. The highest BCUT2D eigenvalue weighted by molar-refractivity contribution is 5.88. The molecule has 2 aromatic carbocycles. The van der Waals surface area contributed by atoms with Crippen LogP contribution in [0.4, 0.5) is 4.39 Å². The zero-order chi connectivity index (χ0) is 16.2. The third kappa shape index (κ3) is 3.49. The standard InChI is InChI=1S/C17H11FN2O3/c18-13-5-7-14(8-6-13)23-16-10-9-15(19-20-16)11-1-3-12(4-2-11)17(21)22/h1-10H,(H,21,22). The molecule has 0 aliphatic carbocycles. The lowest BCUT2D eigenvalue weighted by Gasteiger charge is -2.05. The zero-order valence-corrected chi connectivity index (χ0v) is 11.8. The van der Waals surface area contributed by atoms with E-state index in [-0.39, 0.29) is 17.3 Å². The summed E-state index contributed by atoms with van der Waals surface area (Å²) in [6, 6.07) is 15.2. The Morgan fingerprint density at radius 3 is 2.17 bits per heavy atom. The molecule has 1 heterocycles. The van der Waals surface area contributed by atoms with Gasteiger partial charge in [0.2, 0.25) is 5.88 Å². The molecule has 0 bridgehead atoms. The van der Waals surface area contributed by atoms with Crippen LogP contribution in [0.1, 0.15) is 10.4 Å². The normalized spacial score (nSPS) is 10.3. The predicted molar refractivity (Wildman–Crippen MR) is 80.9 cm³/mol. The Balaban J connectivity index is 1.76. The molecule has 0 unspecified atom stereocenters. The summed E-state index contributed by atoms with van der Waals surface area (Å²) in [4.78, 5) is 10.8. The Morgan fingerprint density at radius 2 is 1.61 bits per heavy atom. The summed E-state index contributed by atoms with van der Waals surface area (Å²) in [5.41, 5.74) is 1.54. The molecule has 114 valence electrons. The molecule has 0 amide bonds. The second-order valence-electron chi connectivity index (χ2n) is 4.70. The van der Waals surface area contributed by atoms with Crippen LogP contribution in [-0.4, -0.2) is 21.3 Å². The van der Waals surface area contributed by atoms with Crippen molar-refractivity contribution in [3.05, 3.63) is 72.0 Å². The first-order valence-corrected chi connectivity index (χ1v) is 6.73. The second-order valence-corrected chi connectivity index (χ2v) is 4.70. The van der Waals surface area contributed by atoms with E-state index in [0.29, 0.717) is 11.4 Å². The van der Waals surface area contributed by atoms with Crippen LogP contribution in [0.15, 0.2) is 60.7 Å². The summed E-state index contributed by atoms with van der Waals surface area (Å²) in [5, 5.41) is 16.9. The van der Waals surface area contributed by atoms with Gasteiger partial charge < -0.3 is 9.84 Å². The van der Waals surface area contributed by atoms with Crippen LogP contribution in [0, 0.1) is 5.82 Å². The largest absolute Gasteiger partial charge is 0.478 e. The third-order valence-corrected chi connectivity index (χ3v) is 3.10.